The first-order chi connectivity index (χ1) is 11.1. The zero-order valence-corrected chi connectivity index (χ0v) is 12.3. The molecular weight excluding hydrogens is 301 g/mol. The fourth-order valence-corrected chi connectivity index (χ4v) is 2.39. The zero-order valence-electron chi connectivity index (χ0n) is 12.3. The molecule has 2 heterocycles. The number of methoxy groups -OCH3 is 1. The molecule has 0 atom stereocenters. The summed E-state index contributed by atoms with van der Waals surface area (Å²) in [6, 6.07) is 8.09. The molecule has 0 fully saturated rings. The minimum Gasteiger partial charge on any atom is -0.494 e. The smallest absolute Gasteiger partial charge is 0.276 e. The highest BCUT2D eigenvalue weighted by Gasteiger charge is 2.10. The number of fused-ring (bicyclic) bond motifs is 1. The number of carbonyl (C=O) groups is 1. The van der Waals surface area contributed by atoms with Gasteiger partial charge in [0.15, 0.2) is 11.6 Å². The minimum absolute atomic E-state index is 0.178. The van der Waals surface area contributed by atoms with Crippen molar-refractivity contribution in [1.82, 2.24) is 15.0 Å². The van der Waals surface area contributed by atoms with E-state index in [4.69, 9.17) is 9.94 Å². The normalized spacial score (nSPS) is 10.7. The average Bonchev–Trinajstić information content (AvgIpc) is 2.98. The second-order valence-corrected chi connectivity index (χ2v) is 4.98. The summed E-state index contributed by atoms with van der Waals surface area (Å²) in [4.78, 5) is 15.7. The molecule has 0 saturated heterocycles. The number of hydrogen-bond acceptors (Lipinski definition) is 4. The maximum absolute atomic E-state index is 13.5. The molecule has 23 heavy (non-hydrogen) atoms. The molecule has 2 aromatic heterocycles. The monoisotopic (exact) mass is 315 g/mol. The Labute approximate surface area is 131 Å². The van der Waals surface area contributed by atoms with Crippen LogP contribution in [0.15, 0.2) is 42.7 Å². The average molecular weight is 315 g/mol. The summed E-state index contributed by atoms with van der Waals surface area (Å²) in [6.07, 6.45) is 3.22. The van der Waals surface area contributed by atoms with E-state index in [-0.39, 0.29) is 11.3 Å². The number of nitrogens with zero attached hydrogens (tertiary/aromatic N) is 2. The SMILES string of the molecule is COc1cc(Cn2ccc3ncc(C(=O)NO)cc32)ccc1F. The van der Waals surface area contributed by atoms with Crippen LogP contribution in [0.4, 0.5) is 4.39 Å². The Morgan fingerprint density at radius 2 is 2.22 bits per heavy atom. The molecule has 1 aromatic carbocycles. The Morgan fingerprint density at radius 1 is 1.39 bits per heavy atom. The van der Waals surface area contributed by atoms with Crippen LogP contribution in [-0.2, 0) is 6.54 Å². The molecule has 118 valence electrons. The first-order valence-corrected chi connectivity index (χ1v) is 6.84. The van der Waals surface area contributed by atoms with Crippen molar-refractivity contribution in [3.05, 3.63) is 59.7 Å². The largest absolute Gasteiger partial charge is 0.494 e. The summed E-state index contributed by atoms with van der Waals surface area (Å²) in [6.45, 7) is 0.464. The van der Waals surface area contributed by atoms with Gasteiger partial charge in [-0.05, 0) is 29.8 Å². The number of hydroxylamine groups is 1. The molecule has 0 aliphatic carbocycles. The van der Waals surface area contributed by atoms with E-state index in [0.29, 0.717) is 12.1 Å². The third-order valence-corrected chi connectivity index (χ3v) is 3.55. The second-order valence-electron chi connectivity index (χ2n) is 4.98. The minimum atomic E-state index is -0.629. The molecule has 0 spiro atoms. The number of pyridine rings is 1. The van der Waals surface area contributed by atoms with Gasteiger partial charge in [-0.1, -0.05) is 6.07 Å². The number of hydrogen-bond donors (Lipinski definition) is 2. The molecule has 0 bridgehead atoms. The van der Waals surface area contributed by atoms with Gasteiger partial charge in [0, 0.05) is 18.9 Å². The maximum Gasteiger partial charge on any atom is 0.276 e. The molecule has 0 aliphatic heterocycles. The van der Waals surface area contributed by atoms with Crippen molar-refractivity contribution in [2.24, 2.45) is 0 Å². The van der Waals surface area contributed by atoms with Gasteiger partial charge in [0.1, 0.15) is 0 Å². The van der Waals surface area contributed by atoms with Crippen LogP contribution in [0, 0.1) is 5.82 Å². The summed E-state index contributed by atoms with van der Waals surface area (Å²) < 4.78 is 20.3. The van der Waals surface area contributed by atoms with Gasteiger partial charge < -0.3 is 9.30 Å². The molecule has 7 heteroatoms. The number of aromatic nitrogens is 2. The van der Waals surface area contributed by atoms with E-state index in [1.165, 1.54) is 19.4 Å². The van der Waals surface area contributed by atoms with Gasteiger partial charge in [0.25, 0.3) is 5.91 Å². The van der Waals surface area contributed by atoms with Crippen LogP contribution < -0.4 is 10.2 Å². The van der Waals surface area contributed by atoms with Crippen LogP contribution in [0.3, 0.4) is 0 Å². The summed E-state index contributed by atoms with van der Waals surface area (Å²) >= 11 is 0. The van der Waals surface area contributed by atoms with Gasteiger partial charge in [0.05, 0.1) is 23.7 Å². The van der Waals surface area contributed by atoms with Crippen molar-refractivity contribution in [1.29, 1.82) is 0 Å². The van der Waals surface area contributed by atoms with Crippen molar-refractivity contribution in [2.45, 2.75) is 6.54 Å². The van der Waals surface area contributed by atoms with E-state index >= 15 is 0 Å². The van der Waals surface area contributed by atoms with Gasteiger partial charge in [-0.15, -0.1) is 0 Å². The van der Waals surface area contributed by atoms with Gasteiger partial charge in [-0.25, -0.2) is 9.87 Å². The Bertz CT molecular complexity index is 876. The molecule has 0 unspecified atom stereocenters. The van der Waals surface area contributed by atoms with E-state index in [9.17, 15) is 9.18 Å². The van der Waals surface area contributed by atoms with E-state index in [0.717, 1.165) is 11.1 Å². The summed E-state index contributed by atoms with van der Waals surface area (Å²) in [5.41, 5.74) is 4.12. The van der Waals surface area contributed by atoms with Crippen LogP contribution in [0.5, 0.6) is 5.75 Å². The fourth-order valence-electron chi connectivity index (χ4n) is 2.39. The highest BCUT2D eigenvalue weighted by atomic mass is 19.1. The predicted molar refractivity (Wildman–Crippen MR) is 81.0 cm³/mol. The molecule has 2 N–H and O–H groups in total. The van der Waals surface area contributed by atoms with Crippen molar-refractivity contribution in [3.8, 4) is 5.75 Å². The van der Waals surface area contributed by atoms with Crippen molar-refractivity contribution in [3.63, 3.8) is 0 Å². The maximum atomic E-state index is 13.5. The molecule has 3 aromatic rings. The third kappa shape index (κ3) is 2.86. The van der Waals surface area contributed by atoms with Crippen molar-refractivity contribution < 1.29 is 19.1 Å². The van der Waals surface area contributed by atoms with Crippen molar-refractivity contribution >= 4 is 16.9 Å². The summed E-state index contributed by atoms with van der Waals surface area (Å²) in [5, 5.41) is 8.72. The number of ether oxygens (including phenoxy) is 1. The van der Waals surface area contributed by atoms with E-state index < -0.39 is 11.7 Å². The lowest BCUT2D eigenvalue weighted by atomic mass is 10.2. The van der Waals surface area contributed by atoms with Crippen LogP contribution in [-0.4, -0.2) is 27.8 Å². The Hall–Kier alpha value is -2.93. The number of nitrogens with one attached hydrogen (secondary N) is 1. The predicted octanol–water partition coefficient (Wildman–Crippen LogP) is 2.35. The third-order valence-electron chi connectivity index (χ3n) is 3.55. The molecule has 3 rings (SSSR count). The van der Waals surface area contributed by atoms with Crippen LogP contribution >= 0.6 is 0 Å². The highest BCUT2D eigenvalue weighted by molar-refractivity contribution is 5.96. The summed E-state index contributed by atoms with van der Waals surface area (Å²) in [5.74, 6) is -0.870. The molecule has 0 saturated carbocycles. The molecule has 0 aliphatic rings. The standard InChI is InChI=1S/C16H14FN3O3/c1-23-15-6-10(2-3-12(15)17)9-20-5-4-13-14(20)7-11(8-18-13)16(21)19-22/h2-8,22H,9H2,1H3,(H,19,21). The first-order valence-electron chi connectivity index (χ1n) is 6.84. The topological polar surface area (TPSA) is 76.4 Å². The van der Waals surface area contributed by atoms with Crippen LogP contribution in [0.25, 0.3) is 11.0 Å². The number of carbonyl (C=O) groups excluding carboxylic acids is 1. The zero-order chi connectivity index (χ0) is 16.4. The van der Waals surface area contributed by atoms with Gasteiger partial charge in [-0.3, -0.25) is 15.0 Å². The Kier molecular flexibility index (Phi) is 3.94. The second kappa shape index (κ2) is 6.05. The number of rotatable bonds is 4. The molecule has 0 radical (unpaired) electrons. The first kappa shape index (κ1) is 15.0. The number of amides is 1. The van der Waals surface area contributed by atoms with Gasteiger partial charge in [-0.2, -0.15) is 0 Å². The van der Waals surface area contributed by atoms with Gasteiger partial charge >= 0.3 is 0 Å². The quantitative estimate of drug-likeness (QED) is 0.572. The van der Waals surface area contributed by atoms with Gasteiger partial charge in [0.2, 0.25) is 0 Å². The lowest BCUT2D eigenvalue weighted by Gasteiger charge is -2.09. The number of benzene rings is 1. The Balaban J connectivity index is 1.98. The van der Waals surface area contributed by atoms with Crippen LogP contribution in [0.2, 0.25) is 0 Å². The lowest BCUT2D eigenvalue weighted by Crippen LogP contribution is -2.18. The summed E-state index contributed by atoms with van der Waals surface area (Å²) in [7, 11) is 1.41. The number of halogens is 1. The van der Waals surface area contributed by atoms with Crippen LogP contribution in [0.1, 0.15) is 15.9 Å². The molecule has 6 nitrogen and oxygen atoms in total. The Morgan fingerprint density at radius 3 is 2.96 bits per heavy atom. The van der Waals surface area contributed by atoms with Crippen molar-refractivity contribution in [2.75, 3.05) is 7.11 Å². The molecular formula is C16H14FN3O3. The lowest BCUT2D eigenvalue weighted by molar-refractivity contribution is 0.0706. The molecule has 1 amide bonds. The fraction of sp³-hybridized carbons (Fsp3) is 0.125. The van der Waals surface area contributed by atoms with E-state index in [2.05, 4.69) is 4.98 Å². The van der Waals surface area contributed by atoms with E-state index in [1.807, 2.05) is 16.8 Å². The van der Waals surface area contributed by atoms with E-state index in [1.54, 1.807) is 23.7 Å². The highest BCUT2D eigenvalue weighted by Crippen LogP contribution is 2.21.